The van der Waals surface area contributed by atoms with E-state index in [2.05, 4.69) is 10.3 Å². The normalized spacial score (nSPS) is 10.0. The fourth-order valence-corrected chi connectivity index (χ4v) is 1.94. The second kappa shape index (κ2) is 8.67. The van der Waals surface area contributed by atoms with E-state index in [4.69, 9.17) is 9.47 Å². The highest BCUT2D eigenvalue weighted by molar-refractivity contribution is 5.76. The van der Waals surface area contributed by atoms with E-state index in [9.17, 15) is 4.79 Å². The molecule has 2 rings (SSSR count). The summed E-state index contributed by atoms with van der Waals surface area (Å²) in [5.74, 6) is 1.49. The van der Waals surface area contributed by atoms with Crippen molar-refractivity contribution in [1.29, 1.82) is 0 Å². The molecule has 0 radical (unpaired) electrons. The molecule has 0 spiro atoms. The average Bonchev–Trinajstić information content (AvgIpc) is 2.58. The lowest BCUT2D eigenvalue weighted by Gasteiger charge is -2.09. The Bertz CT molecular complexity index is 587. The lowest BCUT2D eigenvalue weighted by molar-refractivity contribution is -0.121. The Labute approximate surface area is 130 Å². The second-order valence-corrected chi connectivity index (χ2v) is 4.74. The molecule has 1 aromatic heterocycles. The van der Waals surface area contributed by atoms with Gasteiger partial charge in [0.2, 0.25) is 5.91 Å². The lowest BCUT2D eigenvalue weighted by atomic mass is 10.1. The zero-order chi connectivity index (χ0) is 15.6. The summed E-state index contributed by atoms with van der Waals surface area (Å²) in [6, 6.07) is 11.2. The Kier molecular flexibility index (Phi) is 6.23. The summed E-state index contributed by atoms with van der Waals surface area (Å²) in [6.07, 6.45) is 4.64. The number of carbonyl (C=O) groups is 1. The molecule has 1 aromatic carbocycles. The Hall–Kier alpha value is -2.56. The van der Waals surface area contributed by atoms with Gasteiger partial charge < -0.3 is 14.8 Å². The summed E-state index contributed by atoms with van der Waals surface area (Å²) in [6.45, 7) is 0.898. The Morgan fingerprint density at radius 3 is 2.86 bits per heavy atom. The van der Waals surface area contributed by atoms with Crippen LogP contribution < -0.4 is 14.8 Å². The maximum atomic E-state index is 11.7. The molecule has 0 unspecified atom stereocenters. The van der Waals surface area contributed by atoms with Gasteiger partial charge in [0.15, 0.2) is 0 Å². The van der Waals surface area contributed by atoms with Crippen LogP contribution in [0.5, 0.6) is 11.5 Å². The number of hydrogen-bond donors (Lipinski definition) is 1. The first-order valence-electron chi connectivity index (χ1n) is 7.20. The molecule has 1 N–H and O–H groups in total. The highest BCUT2D eigenvalue weighted by Crippen LogP contribution is 2.18. The van der Waals surface area contributed by atoms with Gasteiger partial charge in [-0.15, -0.1) is 0 Å². The molecule has 0 aliphatic rings. The van der Waals surface area contributed by atoms with Gasteiger partial charge in [-0.25, -0.2) is 0 Å². The minimum absolute atomic E-state index is 0.0121. The van der Waals surface area contributed by atoms with Crippen LogP contribution in [0.2, 0.25) is 0 Å². The van der Waals surface area contributed by atoms with Gasteiger partial charge in [0.1, 0.15) is 18.1 Å². The van der Waals surface area contributed by atoms with Gasteiger partial charge in [-0.3, -0.25) is 9.78 Å². The van der Waals surface area contributed by atoms with Gasteiger partial charge in [-0.05, 0) is 30.2 Å². The van der Waals surface area contributed by atoms with E-state index in [1.165, 1.54) is 0 Å². The largest absolute Gasteiger partial charge is 0.497 e. The van der Waals surface area contributed by atoms with Crippen LogP contribution in [0.1, 0.15) is 12.0 Å². The molecule has 116 valence electrons. The monoisotopic (exact) mass is 300 g/mol. The highest BCUT2D eigenvalue weighted by Gasteiger charge is 2.02. The summed E-state index contributed by atoms with van der Waals surface area (Å²) in [4.78, 5) is 15.7. The minimum Gasteiger partial charge on any atom is -0.497 e. The standard InChI is InChI=1S/C17H20N2O3/c1-21-15-5-2-6-16(12-15)22-11-10-19-17(20)8-7-14-4-3-9-18-13-14/h2-6,9,12-13H,7-8,10-11H2,1H3,(H,19,20). The fourth-order valence-electron chi connectivity index (χ4n) is 1.94. The minimum atomic E-state index is 0.0121. The van der Waals surface area contributed by atoms with Gasteiger partial charge in [0.25, 0.3) is 0 Å². The molecule has 1 heterocycles. The molecule has 2 aromatic rings. The number of nitrogens with zero attached hydrogens (tertiary/aromatic N) is 1. The molecule has 0 saturated heterocycles. The van der Waals surface area contributed by atoms with Crippen LogP contribution in [-0.4, -0.2) is 31.2 Å². The van der Waals surface area contributed by atoms with Crippen molar-refractivity contribution < 1.29 is 14.3 Å². The zero-order valence-electron chi connectivity index (χ0n) is 12.6. The average molecular weight is 300 g/mol. The fraction of sp³-hybridized carbons (Fsp3) is 0.294. The van der Waals surface area contributed by atoms with Crippen LogP contribution in [0.3, 0.4) is 0 Å². The number of nitrogens with one attached hydrogen (secondary N) is 1. The molecule has 0 aliphatic carbocycles. The quantitative estimate of drug-likeness (QED) is 0.759. The number of pyridine rings is 1. The van der Waals surface area contributed by atoms with Gasteiger partial charge in [0.05, 0.1) is 13.7 Å². The third-order valence-corrected chi connectivity index (χ3v) is 3.10. The van der Waals surface area contributed by atoms with Crippen LogP contribution in [0.4, 0.5) is 0 Å². The Morgan fingerprint density at radius 2 is 2.09 bits per heavy atom. The first kappa shape index (κ1) is 15.8. The summed E-state index contributed by atoms with van der Waals surface area (Å²) in [7, 11) is 1.61. The van der Waals surface area contributed by atoms with Crippen LogP contribution in [0.25, 0.3) is 0 Å². The van der Waals surface area contributed by atoms with E-state index in [-0.39, 0.29) is 5.91 Å². The molecule has 0 fully saturated rings. The van der Waals surface area contributed by atoms with Crippen molar-refractivity contribution in [2.24, 2.45) is 0 Å². The smallest absolute Gasteiger partial charge is 0.220 e. The van der Waals surface area contributed by atoms with E-state index in [1.807, 2.05) is 36.4 Å². The van der Waals surface area contributed by atoms with Crippen molar-refractivity contribution >= 4 is 5.91 Å². The summed E-state index contributed by atoms with van der Waals surface area (Å²) < 4.78 is 10.7. The van der Waals surface area contributed by atoms with Crippen molar-refractivity contribution in [3.63, 3.8) is 0 Å². The third kappa shape index (κ3) is 5.44. The van der Waals surface area contributed by atoms with E-state index in [0.29, 0.717) is 26.0 Å². The van der Waals surface area contributed by atoms with E-state index < -0.39 is 0 Å². The maximum Gasteiger partial charge on any atom is 0.220 e. The van der Waals surface area contributed by atoms with Gasteiger partial charge >= 0.3 is 0 Å². The SMILES string of the molecule is COc1cccc(OCCNC(=O)CCc2cccnc2)c1. The molecular weight excluding hydrogens is 280 g/mol. The Balaban J connectivity index is 1.62. The van der Waals surface area contributed by atoms with E-state index in [0.717, 1.165) is 17.1 Å². The predicted molar refractivity (Wildman–Crippen MR) is 84.1 cm³/mol. The summed E-state index contributed by atoms with van der Waals surface area (Å²) >= 11 is 0. The first-order chi connectivity index (χ1) is 10.8. The van der Waals surface area contributed by atoms with Gasteiger partial charge in [0, 0.05) is 24.9 Å². The number of aromatic nitrogens is 1. The maximum absolute atomic E-state index is 11.7. The van der Waals surface area contributed by atoms with Crippen LogP contribution in [-0.2, 0) is 11.2 Å². The molecular formula is C17H20N2O3. The van der Waals surface area contributed by atoms with Crippen LogP contribution >= 0.6 is 0 Å². The number of hydrogen-bond acceptors (Lipinski definition) is 4. The van der Waals surface area contributed by atoms with Crippen molar-refractivity contribution in [3.8, 4) is 11.5 Å². The molecule has 0 saturated carbocycles. The molecule has 1 amide bonds. The topological polar surface area (TPSA) is 60.5 Å². The van der Waals surface area contributed by atoms with Crippen molar-refractivity contribution in [2.75, 3.05) is 20.3 Å². The van der Waals surface area contributed by atoms with Gasteiger partial charge in [-0.2, -0.15) is 0 Å². The van der Waals surface area contributed by atoms with E-state index in [1.54, 1.807) is 19.5 Å². The Morgan fingerprint density at radius 1 is 1.23 bits per heavy atom. The number of aryl methyl sites for hydroxylation is 1. The summed E-state index contributed by atoms with van der Waals surface area (Å²) in [5.41, 5.74) is 1.06. The molecule has 0 atom stereocenters. The van der Waals surface area contributed by atoms with Crippen molar-refractivity contribution in [1.82, 2.24) is 10.3 Å². The molecule has 0 bridgehead atoms. The first-order valence-corrected chi connectivity index (χ1v) is 7.20. The molecule has 5 nitrogen and oxygen atoms in total. The van der Waals surface area contributed by atoms with Gasteiger partial charge in [-0.1, -0.05) is 12.1 Å². The molecule has 22 heavy (non-hydrogen) atoms. The molecule has 0 aliphatic heterocycles. The number of benzene rings is 1. The second-order valence-electron chi connectivity index (χ2n) is 4.74. The zero-order valence-corrected chi connectivity index (χ0v) is 12.6. The van der Waals surface area contributed by atoms with E-state index >= 15 is 0 Å². The number of rotatable bonds is 8. The summed E-state index contributed by atoms with van der Waals surface area (Å²) in [5, 5.41) is 2.84. The van der Waals surface area contributed by atoms with Crippen LogP contribution in [0, 0.1) is 0 Å². The number of carbonyl (C=O) groups excluding carboxylic acids is 1. The number of methoxy groups -OCH3 is 1. The molecule has 5 heteroatoms. The predicted octanol–water partition coefficient (Wildman–Crippen LogP) is 2.22. The highest BCUT2D eigenvalue weighted by atomic mass is 16.5. The number of ether oxygens (including phenoxy) is 2. The van der Waals surface area contributed by atoms with Crippen molar-refractivity contribution in [3.05, 3.63) is 54.4 Å². The van der Waals surface area contributed by atoms with Crippen LogP contribution in [0.15, 0.2) is 48.8 Å². The number of amides is 1. The third-order valence-electron chi connectivity index (χ3n) is 3.10. The lowest BCUT2D eigenvalue weighted by Crippen LogP contribution is -2.28. The van der Waals surface area contributed by atoms with Crippen molar-refractivity contribution in [2.45, 2.75) is 12.8 Å².